The molecule has 2 aromatic carbocycles. The predicted octanol–water partition coefficient (Wildman–Crippen LogP) is 5.05. The molecular formula is C15H9Cl2FN2. The van der Waals surface area contributed by atoms with Crippen molar-refractivity contribution in [2.45, 2.75) is 6.92 Å². The Labute approximate surface area is 125 Å². The number of fused-ring (bicyclic) bond motifs is 1. The zero-order valence-electron chi connectivity index (χ0n) is 10.5. The van der Waals surface area contributed by atoms with E-state index in [1.165, 1.54) is 6.07 Å². The molecule has 0 fully saturated rings. The molecule has 0 aliphatic rings. The average molecular weight is 307 g/mol. The number of hydrogen-bond acceptors (Lipinski definition) is 2. The van der Waals surface area contributed by atoms with Gasteiger partial charge in [-0.3, -0.25) is 0 Å². The first-order valence-corrected chi connectivity index (χ1v) is 6.71. The number of halogens is 3. The maximum absolute atomic E-state index is 13.8. The third-order valence-electron chi connectivity index (χ3n) is 3.07. The summed E-state index contributed by atoms with van der Waals surface area (Å²) in [6, 6.07) is 10.2. The summed E-state index contributed by atoms with van der Waals surface area (Å²) in [5, 5.41) is 0.852. The van der Waals surface area contributed by atoms with Gasteiger partial charge in [0.25, 0.3) is 0 Å². The van der Waals surface area contributed by atoms with Crippen LogP contribution in [0.5, 0.6) is 0 Å². The molecule has 3 rings (SSSR count). The van der Waals surface area contributed by atoms with Gasteiger partial charge >= 0.3 is 0 Å². The Morgan fingerprint density at radius 1 is 1.00 bits per heavy atom. The van der Waals surface area contributed by atoms with Gasteiger partial charge in [-0.15, -0.1) is 0 Å². The first-order chi connectivity index (χ1) is 9.58. The Balaban J connectivity index is 2.36. The summed E-state index contributed by atoms with van der Waals surface area (Å²) in [4.78, 5) is 8.57. The molecular weight excluding hydrogens is 298 g/mol. The van der Waals surface area contributed by atoms with Crippen molar-refractivity contribution < 1.29 is 4.39 Å². The quantitative estimate of drug-likeness (QED) is 0.588. The highest BCUT2D eigenvalue weighted by molar-refractivity contribution is 6.35. The molecule has 100 valence electrons. The number of hydrogen-bond donors (Lipinski definition) is 0. The largest absolute Gasteiger partial charge is 0.227 e. The van der Waals surface area contributed by atoms with Crippen LogP contribution >= 0.6 is 23.2 Å². The molecule has 0 N–H and O–H groups in total. The average Bonchev–Trinajstić information content (AvgIpc) is 2.43. The monoisotopic (exact) mass is 306 g/mol. The topological polar surface area (TPSA) is 25.8 Å². The number of aromatic nitrogens is 2. The number of aryl methyl sites for hydroxylation is 1. The van der Waals surface area contributed by atoms with E-state index in [4.69, 9.17) is 23.2 Å². The van der Waals surface area contributed by atoms with Crippen LogP contribution in [-0.2, 0) is 0 Å². The van der Waals surface area contributed by atoms with Gasteiger partial charge in [-0.05, 0) is 30.7 Å². The lowest BCUT2D eigenvalue weighted by Crippen LogP contribution is -1.96. The fourth-order valence-corrected chi connectivity index (χ4v) is 2.53. The normalized spacial score (nSPS) is 11.0. The highest BCUT2D eigenvalue weighted by atomic mass is 35.5. The van der Waals surface area contributed by atoms with Crippen LogP contribution in [0.25, 0.3) is 22.3 Å². The summed E-state index contributed by atoms with van der Waals surface area (Å²) in [5.74, 6) is -0.0388. The third-order valence-corrected chi connectivity index (χ3v) is 3.67. The van der Waals surface area contributed by atoms with E-state index in [0.717, 1.165) is 5.56 Å². The maximum Gasteiger partial charge on any atom is 0.163 e. The van der Waals surface area contributed by atoms with Gasteiger partial charge in [-0.2, -0.15) is 0 Å². The zero-order valence-corrected chi connectivity index (χ0v) is 12.0. The van der Waals surface area contributed by atoms with E-state index in [9.17, 15) is 4.39 Å². The highest BCUT2D eigenvalue weighted by Crippen LogP contribution is 2.31. The SMILES string of the molecule is Cc1ccc(F)c2c(Cl)nc(-c3ccccc3Cl)nc12. The molecule has 20 heavy (non-hydrogen) atoms. The van der Waals surface area contributed by atoms with E-state index in [1.807, 2.05) is 19.1 Å². The van der Waals surface area contributed by atoms with Gasteiger partial charge in [0.05, 0.1) is 15.9 Å². The Hall–Kier alpha value is -1.71. The molecule has 0 aliphatic heterocycles. The molecule has 5 heteroatoms. The Kier molecular flexibility index (Phi) is 3.32. The summed E-state index contributed by atoms with van der Waals surface area (Å²) in [7, 11) is 0. The number of nitrogens with zero attached hydrogens (tertiary/aromatic N) is 2. The molecule has 0 saturated carbocycles. The van der Waals surface area contributed by atoms with Crippen LogP contribution in [-0.4, -0.2) is 9.97 Å². The van der Waals surface area contributed by atoms with E-state index in [1.54, 1.807) is 18.2 Å². The molecule has 0 spiro atoms. The van der Waals surface area contributed by atoms with Gasteiger partial charge in [-0.1, -0.05) is 41.4 Å². The van der Waals surface area contributed by atoms with Crippen molar-refractivity contribution in [1.82, 2.24) is 9.97 Å². The van der Waals surface area contributed by atoms with E-state index in [-0.39, 0.29) is 10.5 Å². The van der Waals surface area contributed by atoms with Crippen molar-refractivity contribution in [1.29, 1.82) is 0 Å². The maximum atomic E-state index is 13.8. The fraction of sp³-hybridized carbons (Fsp3) is 0.0667. The lowest BCUT2D eigenvalue weighted by atomic mass is 10.1. The third kappa shape index (κ3) is 2.13. The van der Waals surface area contributed by atoms with Gasteiger partial charge in [-0.25, -0.2) is 14.4 Å². The molecule has 0 aliphatic carbocycles. The Morgan fingerprint density at radius 2 is 1.75 bits per heavy atom. The van der Waals surface area contributed by atoms with Crippen molar-refractivity contribution >= 4 is 34.1 Å². The first kappa shape index (κ1) is 13.3. The van der Waals surface area contributed by atoms with Gasteiger partial charge < -0.3 is 0 Å². The smallest absolute Gasteiger partial charge is 0.163 e. The first-order valence-electron chi connectivity index (χ1n) is 5.95. The highest BCUT2D eigenvalue weighted by Gasteiger charge is 2.14. The van der Waals surface area contributed by atoms with Gasteiger partial charge in [0.1, 0.15) is 11.0 Å². The zero-order chi connectivity index (χ0) is 14.3. The number of rotatable bonds is 1. The molecule has 0 radical (unpaired) electrons. The standard InChI is InChI=1S/C15H9Cl2FN2/c1-8-6-7-11(18)12-13(8)19-15(20-14(12)17)9-4-2-3-5-10(9)16/h2-7H,1H3. The summed E-state index contributed by atoms with van der Waals surface area (Å²) in [5.41, 5.74) is 2.00. The van der Waals surface area contributed by atoms with E-state index >= 15 is 0 Å². The van der Waals surface area contributed by atoms with Crippen molar-refractivity contribution in [2.24, 2.45) is 0 Å². The van der Waals surface area contributed by atoms with E-state index in [2.05, 4.69) is 9.97 Å². The van der Waals surface area contributed by atoms with E-state index in [0.29, 0.717) is 21.9 Å². The van der Waals surface area contributed by atoms with Crippen molar-refractivity contribution in [3.63, 3.8) is 0 Å². The molecule has 0 atom stereocenters. The minimum atomic E-state index is -0.429. The van der Waals surface area contributed by atoms with Crippen molar-refractivity contribution in [3.05, 3.63) is 58.0 Å². The van der Waals surface area contributed by atoms with Crippen molar-refractivity contribution in [3.8, 4) is 11.4 Å². The molecule has 1 heterocycles. The van der Waals surface area contributed by atoms with Crippen LogP contribution in [0.2, 0.25) is 10.2 Å². The van der Waals surface area contributed by atoms with Gasteiger partial charge in [0.15, 0.2) is 5.82 Å². The van der Waals surface area contributed by atoms with Crippen molar-refractivity contribution in [2.75, 3.05) is 0 Å². The lowest BCUT2D eigenvalue weighted by molar-refractivity contribution is 0.639. The predicted molar refractivity (Wildman–Crippen MR) is 79.7 cm³/mol. The van der Waals surface area contributed by atoms with Crippen LogP contribution < -0.4 is 0 Å². The second-order valence-electron chi connectivity index (χ2n) is 4.41. The minimum absolute atomic E-state index is 0.0890. The van der Waals surface area contributed by atoms with Crippen LogP contribution in [0, 0.1) is 12.7 Å². The van der Waals surface area contributed by atoms with E-state index < -0.39 is 5.82 Å². The summed E-state index contributed by atoms with van der Waals surface area (Å²) >= 11 is 12.2. The van der Waals surface area contributed by atoms with Crippen LogP contribution in [0.1, 0.15) is 5.56 Å². The Bertz CT molecular complexity index is 818. The van der Waals surface area contributed by atoms with Gasteiger partial charge in [0, 0.05) is 5.56 Å². The van der Waals surface area contributed by atoms with Gasteiger partial charge in [0.2, 0.25) is 0 Å². The lowest BCUT2D eigenvalue weighted by Gasteiger charge is -2.08. The van der Waals surface area contributed by atoms with Crippen LogP contribution in [0.4, 0.5) is 4.39 Å². The second-order valence-corrected chi connectivity index (χ2v) is 5.17. The molecule has 2 nitrogen and oxygen atoms in total. The molecule has 0 amide bonds. The Morgan fingerprint density at radius 3 is 2.50 bits per heavy atom. The molecule has 0 saturated heterocycles. The number of benzene rings is 2. The molecule has 1 aromatic heterocycles. The minimum Gasteiger partial charge on any atom is -0.227 e. The van der Waals surface area contributed by atoms with Crippen LogP contribution in [0.15, 0.2) is 36.4 Å². The summed E-state index contributed by atoms with van der Waals surface area (Å²) in [6.45, 7) is 1.85. The molecule has 0 bridgehead atoms. The summed E-state index contributed by atoms with van der Waals surface area (Å²) < 4.78 is 13.8. The molecule has 3 aromatic rings. The fourth-order valence-electron chi connectivity index (χ4n) is 2.05. The summed E-state index contributed by atoms with van der Waals surface area (Å²) in [6.07, 6.45) is 0. The van der Waals surface area contributed by atoms with Crippen LogP contribution in [0.3, 0.4) is 0 Å². The molecule has 0 unspecified atom stereocenters. The second kappa shape index (κ2) is 5.00.